The Bertz CT molecular complexity index is 315. The summed E-state index contributed by atoms with van der Waals surface area (Å²) < 4.78 is 5.04. The molecule has 6 heteroatoms. The van der Waals surface area contributed by atoms with Crippen molar-refractivity contribution in [3.63, 3.8) is 0 Å². The van der Waals surface area contributed by atoms with E-state index in [9.17, 15) is 14.4 Å². The zero-order chi connectivity index (χ0) is 13.5. The van der Waals surface area contributed by atoms with E-state index in [0.29, 0.717) is 12.8 Å². The van der Waals surface area contributed by atoms with Crippen molar-refractivity contribution >= 4 is 18.3 Å². The highest BCUT2D eigenvalue weighted by Crippen LogP contribution is 2.19. The van der Waals surface area contributed by atoms with Gasteiger partial charge < -0.3 is 15.4 Å². The van der Waals surface area contributed by atoms with E-state index in [0.717, 1.165) is 19.3 Å². The van der Waals surface area contributed by atoms with Gasteiger partial charge in [-0.1, -0.05) is 13.3 Å². The lowest BCUT2D eigenvalue weighted by Crippen LogP contribution is -2.51. The molecule has 0 saturated heterocycles. The van der Waals surface area contributed by atoms with Gasteiger partial charge >= 0.3 is 5.97 Å². The lowest BCUT2D eigenvalue weighted by molar-refractivity contribution is -0.156. The smallest absolute Gasteiger partial charge is 0.303 e. The van der Waals surface area contributed by atoms with Crippen LogP contribution in [0.25, 0.3) is 0 Å². The second-order valence-corrected chi connectivity index (χ2v) is 4.49. The molecule has 2 atom stereocenters. The van der Waals surface area contributed by atoms with Gasteiger partial charge in [-0.2, -0.15) is 0 Å². The molecule has 0 aromatic rings. The van der Waals surface area contributed by atoms with Gasteiger partial charge in [0.1, 0.15) is 0 Å². The van der Waals surface area contributed by atoms with E-state index >= 15 is 0 Å². The minimum atomic E-state index is -0.951. The average molecular weight is 256 g/mol. The SMILES string of the molecule is CCCC(NC=O)C(OC(C)=O)C(=O)NC1CC1. The maximum absolute atomic E-state index is 12.0. The molecule has 1 fully saturated rings. The van der Waals surface area contributed by atoms with E-state index in [4.69, 9.17) is 4.74 Å². The molecule has 1 aliphatic carbocycles. The quantitative estimate of drug-likeness (QED) is 0.477. The van der Waals surface area contributed by atoms with Gasteiger partial charge in [0, 0.05) is 13.0 Å². The van der Waals surface area contributed by atoms with Gasteiger partial charge in [0.15, 0.2) is 6.10 Å². The van der Waals surface area contributed by atoms with Crippen LogP contribution in [0.15, 0.2) is 0 Å². The van der Waals surface area contributed by atoms with Crippen LogP contribution in [-0.4, -0.2) is 36.5 Å². The summed E-state index contributed by atoms with van der Waals surface area (Å²) in [6.07, 6.45) is 2.85. The van der Waals surface area contributed by atoms with Gasteiger partial charge in [0.05, 0.1) is 6.04 Å². The maximum Gasteiger partial charge on any atom is 0.303 e. The monoisotopic (exact) mass is 256 g/mol. The van der Waals surface area contributed by atoms with Crippen molar-refractivity contribution in [1.82, 2.24) is 10.6 Å². The number of carbonyl (C=O) groups excluding carboxylic acids is 3. The number of nitrogens with one attached hydrogen (secondary N) is 2. The summed E-state index contributed by atoms with van der Waals surface area (Å²) in [6, 6.07) is -0.288. The molecule has 2 unspecified atom stereocenters. The molecule has 0 spiro atoms. The minimum Gasteiger partial charge on any atom is -0.450 e. The summed E-state index contributed by atoms with van der Waals surface area (Å²) in [4.78, 5) is 33.6. The molecular formula is C12H20N2O4. The second-order valence-electron chi connectivity index (χ2n) is 4.49. The van der Waals surface area contributed by atoms with Crippen molar-refractivity contribution in [3.8, 4) is 0 Å². The van der Waals surface area contributed by atoms with Crippen molar-refractivity contribution in [2.24, 2.45) is 0 Å². The van der Waals surface area contributed by atoms with Crippen LogP contribution < -0.4 is 10.6 Å². The third-order valence-corrected chi connectivity index (χ3v) is 2.72. The van der Waals surface area contributed by atoms with Crippen LogP contribution >= 0.6 is 0 Å². The molecule has 0 bridgehead atoms. The van der Waals surface area contributed by atoms with Crippen LogP contribution in [0, 0.1) is 0 Å². The molecule has 18 heavy (non-hydrogen) atoms. The Morgan fingerprint density at radius 2 is 2.11 bits per heavy atom. The number of hydrogen-bond acceptors (Lipinski definition) is 4. The molecule has 1 rings (SSSR count). The summed E-state index contributed by atoms with van der Waals surface area (Å²) in [5, 5.41) is 5.33. The molecule has 0 aliphatic heterocycles. The summed E-state index contributed by atoms with van der Waals surface area (Å²) in [7, 11) is 0. The van der Waals surface area contributed by atoms with E-state index in [1.54, 1.807) is 0 Å². The Kier molecular flexibility index (Phi) is 5.61. The number of rotatable bonds is 8. The lowest BCUT2D eigenvalue weighted by Gasteiger charge is -2.25. The molecular weight excluding hydrogens is 236 g/mol. The number of amides is 2. The average Bonchev–Trinajstić information content (AvgIpc) is 3.09. The first-order valence-corrected chi connectivity index (χ1v) is 6.25. The third-order valence-electron chi connectivity index (χ3n) is 2.72. The van der Waals surface area contributed by atoms with Gasteiger partial charge in [-0.05, 0) is 19.3 Å². The van der Waals surface area contributed by atoms with Crippen LogP contribution in [-0.2, 0) is 19.1 Å². The summed E-state index contributed by atoms with van der Waals surface area (Å²) in [5.41, 5.74) is 0. The number of ether oxygens (including phenoxy) is 1. The molecule has 6 nitrogen and oxygen atoms in total. The number of hydrogen-bond donors (Lipinski definition) is 2. The van der Waals surface area contributed by atoms with E-state index < -0.39 is 18.1 Å². The molecule has 0 aromatic carbocycles. The number of carbonyl (C=O) groups is 3. The molecule has 102 valence electrons. The Morgan fingerprint density at radius 3 is 2.56 bits per heavy atom. The molecule has 2 amide bonds. The highest BCUT2D eigenvalue weighted by atomic mass is 16.5. The Labute approximate surface area is 106 Å². The minimum absolute atomic E-state index is 0.189. The van der Waals surface area contributed by atoms with E-state index in [-0.39, 0.29) is 11.9 Å². The van der Waals surface area contributed by atoms with Crippen LogP contribution in [0.3, 0.4) is 0 Å². The van der Waals surface area contributed by atoms with Crippen molar-refractivity contribution in [1.29, 1.82) is 0 Å². The molecule has 2 N–H and O–H groups in total. The first-order chi connectivity index (χ1) is 8.58. The van der Waals surface area contributed by atoms with Crippen LogP contribution in [0.4, 0.5) is 0 Å². The largest absolute Gasteiger partial charge is 0.450 e. The summed E-state index contributed by atoms with van der Waals surface area (Å²) >= 11 is 0. The van der Waals surface area contributed by atoms with Gasteiger partial charge in [-0.15, -0.1) is 0 Å². The predicted octanol–water partition coefficient (Wildman–Crippen LogP) is 0.111. The second kappa shape index (κ2) is 6.98. The van der Waals surface area contributed by atoms with Crippen molar-refractivity contribution in [2.45, 2.75) is 57.7 Å². The molecule has 0 radical (unpaired) electrons. The predicted molar refractivity (Wildman–Crippen MR) is 64.6 cm³/mol. The van der Waals surface area contributed by atoms with E-state index in [2.05, 4.69) is 10.6 Å². The van der Waals surface area contributed by atoms with E-state index in [1.807, 2.05) is 6.92 Å². The van der Waals surface area contributed by atoms with Crippen molar-refractivity contribution in [2.75, 3.05) is 0 Å². The van der Waals surface area contributed by atoms with Gasteiger partial charge in [-0.25, -0.2) is 0 Å². The van der Waals surface area contributed by atoms with Crippen LogP contribution in [0.2, 0.25) is 0 Å². The normalized spacial score (nSPS) is 17.4. The topological polar surface area (TPSA) is 84.5 Å². The van der Waals surface area contributed by atoms with Gasteiger partial charge in [-0.3, -0.25) is 14.4 Å². The molecule has 1 aliphatic rings. The molecule has 1 saturated carbocycles. The molecule has 0 aromatic heterocycles. The van der Waals surface area contributed by atoms with Gasteiger partial charge in [0.2, 0.25) is 6.41 Å². The Balaban J connectivity index is 2.67. The third kappa shape index (κ3) is 4.73. The van der Waals surface area contributed by atoms with Gasteiger partial charge in [0.25, 0.3) is 5.91 Å². The highest BCUT2D eigenvalue weighted by Gasteiger charge is 2.34. The first-order valence-electron chi connectivity index (χ1n) is 6.25. The zero-order valence-corrected chi connectivity index (χ0v) is 10.8. The van der Waals surface area contributed by atoms with E-state index in [1.165, 1.54) is 6.92 Å². The first kappa shape index (κ1) is 14.5. The molecule has 0 heterocycles. The fourth-order valence-corrected chi connectivity index (χ4v) is 1.73. The van der Waals surface area contributed by atoms with Crippen molar-refractivity contribution in [3.05, 3.63) is 0 Å². The Morgan fingerprint density at radius 1 is 1.44 bits per heavy atom. The summed E-state index contributed by atoms with van der Waals surface area (Å²) in [6.45, 7) is 3.18. The fraction of sp³-hybridized carbons (Fsp3) is 0.750. The lowest BCUT2D eigenvalue weighted by atomic mass is 10.1. The van der Waals surface area contributed by atoms with Crippen LogP contribution in [0.1, 0.15) is 39.5 Å². The van der Waals surface area contributed by atoms with Crippen LogP contribution in [0.5, 0.6) is 0 Å². The fourth-order valence-electron chi connectivity index (χ4n) is 1.73. The standard InChI is InChI=1S/C12H20N2O4/c1-3-4-10(13-7-15)11(18-8(2)16)12(17)14-9-5-6-9/h7,9-11H,3-6H2,1-2H3,(H,13,15)(H,14,17). The maximum atomic E-state index is 12.0. The number of esters is 1. The summed E-state index contributed by atoms with van der Waals surface area (Å²) in [5.74, 6) is -0.861. The highest BCUT2D eigenvalue weighted by molar-refractivity contribution is 5.84. The Hall–Kier alpha value is -1.59. The van der Waals surface area contributed by atoms with Crippen molar-refractivity contribution < 1.29 is 19.1 Å². The zero-order valence-electron chi connectivity index (χ0n) is 10.8.